The number of hydrogen-bond donors (Lipinski definition) is 6. The van der Waals surface area contributed by atoms with Crippen LogP contribution < -0.4 is 26.7 Å². The molecule has 1 aromatic heterocycles. The normalized spacial score (nSPS) is 17.3. The van der Waals surface area contributed by atoms with Gasteiger partial charge in [-0.1, -0.05) is 57.9 Å². The Hall–Kier alpha value is -5.19. The first-order valence-electron chi connectivity index (χ1n) is 21.9. The van der Waals surface area contributed by atoms with Gasteiger partial charge < -0.3 is 31.3 Å². The molecule has 14 nitrogen and oxygen atoms in total. The van der Waals surface area contributed by atoms with Crippen molar-refractivity contribution < 1.29 is 51.5 Å². The molecule has 6 rings (SSSR count). The molecule has 4 aromatic rings. The minimum absolute atomic E-state index is 0.0597. The largest absolute Gasteiger partial charge is 0.391 e. The van der Waals surface area contributed by atoms with Crippen LogP contribution in [0.1, 0.15) is 99.8 Å². The minimum Gasteiger partial charge on any atom is -0.391 e. The number of aryl methyl sites for hydroxylation is 1. The lowest BCUT2D eigenvalue weighted by atomic mass is 9.85. The van der Waals surface area contributed by atoms with E-state index in [0.717, 1.165) is 28.3 Å². The van der Waals surface area contributed by atoms with Gasteiger partial charge in [0.1, 0.15) is 17.9 Å². The van der Waals surface area contributed by atoms with Crippen LogP contribution >= 0.6 is 33.9 Å². The summed E-state index contributed by atoms with van der Waals surface area (Å²) in [4.78, 5) is 79.0. The Labute approximate surface area is 403 Å². The van der Waals surface area contributed by atoms with E-state index in [2.05, 4.69) is 31.7 Å². The predicted molar refractivity (Wildman–Crippen MR) is 252 cm³/mol. The van der Waals surface area contributed by atoms with Gasteiger partial charge in [-0.3, -0.25) is 28.8 Å². The topological polar surface area (TPSA) is 191 Å². The number of aromatic nitrogens is 1. The number of aliphatic hydroxyl groups is 1. The highest BCUT2D eigenvalue weighted by Crippen LogP contribution is 2.40. The maximum Gasteiger partial charge on any atom is 0.277 e. The number of halogens is 5. The number of anilines is 2. The zero-order valence-electron chi connectivity index (χ0n) is 37.5. The SMILES string of the molecule is Cc1ncsc1-c1ccc([C@H](CC(=O)NCCCCCCONC(=O)c2ccc(F)c(F)c2Nc2ccc(I)cc2F)NC(=O)[C@@H]2C[C@@H](O)CN2C(=O)C(NC(=O)C2(F)CC2)C(C)(C)C)cc1. The van der Waals surface area contributed by atoms with E-state index in [9.17, 15) is 46.6 Å². The second kappa shape index (κ2) is 22.3. The highest BCUT2D eigenvalue weighted by molar-refractivity contribution is 14.1. The van der Waals surface area contributed by atoms with Crippen molar-refractivity contribution >= 4 is 74.8 Å². The summed E-state index contributed by atoms with van der Waals surface area (Å²) in [6.07, 6.45) is 1.25. The third kappa shape index (κ3) is 13.3. The van der Waals surface area contributed by atoms with Crippen LogP contribution in [0.25, 0.3) is 10.4 Å². The van der Waals surface area contributed by atoms with Gasteiger partial charge in [0.2, 0.25) is 17.7 Å². The molecule has 1 saturated heterocycles. The number of benzene rings is 3. The molecule has 1 aliphatic carbocycles. The Morgan fingerprint density at radius 3 is 2.34 bits per heavy atom. The second-order valence-electron chi connectivity index (χ2n) is 17.9. The summed E-state index contributed by atoms with van der Waals surface area (Å²) in [5, 5.41) is 21.6. The van der Waals surface area contributed by atoms with Gasteiger partial charge in [0.25, 0.3) is 11.8 Å². The average Bonchev–Trinajstić information content (AvgIpc) is 3.68. The third-order valence-corrected chi connectivity index (χ3v) is 13.2. The summed E-state index contributed by atoms with van der Waals surface area (Å²) >= 11 is 3.38. The molecule has 2 heterocycles. The number of rotatable bonds is 20. The fourth-order valence-corrected chi connectivity index (χ4v) is 8.85. The summed E-state index contributed by atoms with van der Waals surface area (Å²) < 4.78 is 58.6. The van der Waals surface area contributed by atoms with Crippen LogP contribution in [0.5, 0.6) is 0 Å². The van der Waals surface area contributed by atoms with Crippen LogP contribution in [0.3, 0.4) is 0 Å². The third-order valence-electron chi connectivity index (χ3n) is 11.6. The first-order chi connectivity index (χ1) is 31.7. The lowest BCUT2D eigenvalue weighted by molar-refractivity contribution is -0.145. The summed E-state index contributed by atoms with van der Waals surface area (Å²) in [5.41, 5.74) is 2.44. The van der Waals surface area contributed by atoms with Crippen molar-refractivity contribution in [3.05, 3.63) is 98.0 Å². The zero-order chi connectivity index (χ0) is 48.6. The summed E-state index contributed by atoms with van der Waals surface area (Å²) in [6, 6.07) is 10.1. The van der Waals surface area contributed by atoms with Gasteiger partial charge >= 0.3 is 0 Å². The fourth-order valence-electron chi connectivity index (χ4n) is 7.58. The summed E-state index contributed by atoms with van der Waals surface area (Å²) in [6.45, 7) is 7.27. The van der Waals surface area contributed by atoms with Crippen molar-refractivity contribution in [3.63, 3.8) is 0 Å². The molecule has 4 atom stereocenters. The number of nitrogens with one attached hydrogen (secondary N) is 5. The molecule has 0 bridgehead atoms. The Morgan fingerprint density at radius 2 is 1.69 bits per heavy atom. The van der Waals surface area contributed by atoms with Crippen LogP contribution in [0.2, 0.25) is 0 Å². The quantitative estimate of drug-likeness (QED) is 0.0226. The van der Waals surface area contributed by atoms with Gasteiger partial charge in [-0.25, -0.2) is 28.0 Å². The molecule has 1 aliphatic heterocycles. The van der Waals surface area contributed by atoms with E-state index in [-0.39, 0.29) is 56.0 Å². The first kappa shape index (κ1) is 51.2. The van der Waals surface area contributed by atoms with Crippen molar-refractivity contribution in [1.29, 1.82) is 0 Å². The molecular formula is C47H54F4IN7O7S. The van der Waals surface area contributed by atoms with E-state index in [1.165, 1.54) is 28.4 Å². The number of thiazole rings is 1. The highest BCUT2D eigenvalue weighted by Gasteiger charge is 2.53. The first-order valence-corrected chi connectivity index (χ1v) is 23.9. The standard InChI is InChI=1S/C47H54F4IN7O7S/c1-26-40(67-25-54-26)28-11-9-27(10-12-28)35(56-43(63)36-22-30(60)24-59(36)44(64)41(46(2,3)4)57-45(65)47(51)17-18-47)23-37(61)53-19-7-5-6-8-20-66-58-42(62)31-14-15-32(48)38(50)39(31)55-34-16-13-29(52)21-33(34)49/h9-16,21,25,30,35-36,41,55,60H,5-8,17-20,22-24H2,1-4H3,(H,53,61)(H,56,63)(H,57,65)(H,58,62)/t30-,35+,36+,41?/m1/s1. The number of β-amino-alcohol motifs (C(OH)–C–C–N with tert-alkyl or cyclic N) is 1. The Morgan fingerprint density at radius 1 is 0.970 bits per heavy atom. The lowest BCUT2D eigenvalue weighted by Crippen LogP contribution is -2.59. The summed E-state index contributed by atoms with van der Waals surface area (Å²) in [7, 11) is 0. The number of hydrogen-bond acceptors (Lipinski definition) is 10. The maximum atomic E-state index is 14.8. The number of likely N-dealkylation sites (tertiary alicyclic amines) is 1. The Kier molecular flexibility index (Phi) is 17.0. The fraction of sp³-hybridized carbons (Fsp3) is 0.447. The van der Waals surface area contributed by atoms with Crippen LogP contribution in [-0.4, -0.2) is 88.1 Å². The van der Waals surface area contributed by atoms with Gasteiger partial charge in [-0.2, -0.15) is 0 Å². The van der Waals surface area contributed by atoms with Crippen LogP contribution in [0.4, 0.5) is 28.9 Å². The molecule has 360 valence electrons. The number of amides is 5. The van der Waals surface area contributed by atoms with Crippen LogP contribution in [0.15, 0.2) is 60.1 Å². The van der Waals surface area contributed by atoms with Crippen LogP contribution in [0, 0.1) is 33.4 Å². The summed E-state index contributed by atoms with van der Waals surface area (Å²) in [5.74, 6) is -6.66. The van der Waals surface area contributed by atoms with Gasteiger partial charge in [0.05, 0.1) is 58.2 Å². The number of carbonyl (C=O) groups excluding carboxylic acids is 5. The van der Waals surface area contributed by atoms with E-state index >= 15 is 0 Å². The molecule has 2 aliphatic rings. The van der Waals surface area contributed by atoms with Crippen molar-refractivity contribution in [1.82, 2.24) is 31.3 Å². The van der Waals surface area contributed by atoms with Gasteiger partial charge in [0.15, 0.2) is 17.3 Å². The van der Waals surface area contributed by atoms with Crippen molar-refractivity contribution in [2.45, 2.75) is 109 Å². The maximum absolute atomic E-state index is 14.8. The lowest BCUT2D eigenvalue weighted by Gasteiger charge is -2.36. The molecule has 5 amide bonds. The second-order valence-corrected chi connectivity index (χ2v) is 20.0. The number of nitrogens with zero attached hydrogens (tertiary/aromatic N) is 2. The zero-order valence-corrected chi connectivity index (χ0v) is 40.4. The monoisotopic (exact) mass is 1060 g/mol. The Balaban J connectivity index is 1.01. The van der Waals surface area contributed by atoms with E-state index < -0.39 is 82.1 Å². The highest BCUT2D eigenvalue weighted by atomic mass is 127. The average molecular weight is 1060 g/mol. The van der Waals surface area contributed by atoms with E-state index in [1.54, 1.807) is 44.5 Å². The number of unbranched alkanes of at least 4 members (excludes halogenated alkanes) is 3. The minimum atomic E-state index is -2.03. The predicted octanol–water partition coefficient (Wildman–Crippen LogP) is 7.46. The van der Waals surface area contributed by atoms with Crippen molar-refractivity contribution in [2.24, 2.45) is 5.41 Å². The molecule has 1 saturated carbocycles. The smallest absolute Gasteiger partial charge is 0.277 e. The van der Waals surface area contributed by atoms with Gasteiger partial charge in [-0.15, -0.1) is 11.3 Å². The molecule has 2 fully saturated rings. The number of aliphatic hydroxyl groups excluding tert-OH is 1. The number of carbonyl (C=O) groups is 5. The molecule has 6 N–H and O–H groups in total. The van der Waals surface area contributed by atoms with Crippen LogP contribution in [-0.2, 0) is 24.0 Å². The number of hydroxylamine groups is 1. The van der Waals surface area contributed by atoms with Crippen molar-refractivity contribution in [3.8, 4) is 10.4 Å². The van der Waals surface area contributed by atoms with E-state index in [0.29, 0.717) is 41.4 Å². The molecule has 3 aromatic carbocycles. The molecular weight excluding hydrogens is 1010 g/mol. The molecule has 67 heavy (non-hydrogen) atoms. The van der Waals surface area contributed by atoms with E-state index in [1.807, 2.05) is 41.6 Å². The molecule has 0 radical (unpaired) electrons. The van der Waals surface area contributed by atoms with Gasteiger partial charge in [0, 0.05) is 23.1 Å². The molecule has 20 heteroatoms. The number of alkyl halides is 1. The molecule has 1 unspecified atom stereocenters. The van der Waals surface area contributed by atoms with Crippen molar-refractivity contribution in [2.75, 3.05) is 25.0 Å². The van der Waals surface area contributed by atoms with Gasteiger partial charge in [-0.05, 0) is 102 Å². The molecule has 0 spiro atoms. The Bertz CT molecular complexity index is 2450. The van der Waals surface area contributed by atoms with E-state index in [4.69, 9.17) is 4.84 Å².